The number of carbonyl (C=O) groups excluding carboxylic acids is 1. The molecule has 1 aromatic carbocycles. The van der Waals surface area contributed by atoms with E-state index in [4.69, 9.17) is 0 Å². The highest BCUT2D eigenvalue weighted by Gasteiger charge is 2.07. The van der Waals surface area contributed by atoms with Crippen molar-refractivity contribution in [3.8, 4) is 5.69 Å². The Bertz CT molecular complexity index is 620. The number of carbonyl (C=O) groups is 1. The van der Waals surface area contributed by atoms with Crippen LogP contribution in [-0.2, 0) is 0 Å². The zero-order valence-electron chi connectivity index (χ0n) is 9.48. The summed E-state index contributed by atoms with van der Waals surface area (Å²) in [6, 6.07) is 5.93. The third kappa shape index (κ3) is 1.87. The Morgan fingerprint density at radius 3 is 2.24 bits per heavy atom. The van der Waals surface area contributed by atoms with Crippen molar-refractivity contribution >= 4 is 5.97 Å². The number of hydrogen-bond donors (Lipinski definition) is 1. The largest absolute Gasteiger partial charge is 0.545 e. The molecule has 17 heavy (non-hydrogen) atoms. The minimum Gasteiger partial charge on any atom is -0.545 e. The fourth-order valence-corrected chi connectivity index (χ4v) is 1.56. The van der Waals surface area contributed by atoms with Crippen molar-refractivity contribution in [2.45, 2.75) is 13.8 Å². The van der Waals surface area contributed by atoms with Gasteiger partial charge in [-0.25, -0.2) is 4.68 Å². The normalized spacial score (nSPS) is 10.5. The smallest absolute Gasteiger partial charge is 0.274 e. The van der Waals surface area contributed by atoms with Gasteiger partial charge in [-0.05, 0) is 31.5 Å². The number of aromatic carboxylic acids is 1. The minimum atomic E-state index is -1.23. The van der Waals surface area contributed by atoms with E-state index in [1.807, 2.05) is 6.92 Å². The monoisotopic (exact) mass is 231 g/mol. The number of carboxylic acid groups (broad SMARTS) is 1. The first-order valence-corrected chi connectivity index (χ1v) is 5.10. The molecule has 0 unspecified atom stereocenters. The molecule has 0 bridgehead atoms. The van der Waals surface area contributed by atoms with Crippen LogP contribution in [0.4, 0.5) is 0 Å². The molecule has 0 spiro atoms. The molecule has 1 N–H and O–H groups in total. The summed E-state index contributed by atoms with van der Waals surface area (Å²) in [5, 5.41) is 13.5. The Labute approximate surface area is 97.3 Å². The van der Waals surface area contributed by atoms with Gasteiger partial charge >= 0.3 is 0 Å². The van der Waals surface area contributed by atoms with Crippen molar-refractivity contribution in [3.05, 3.63) is 51.4 Å². The van der Waals surface area contributed by atoms with Gasteiger partial charge in [-0.1, -0.05) is 12.1 Å². The fraction of sp³-hybridized carbons (Fsp3) is 0.167. The van der Waals surface area contributed by atoms with Crippen molar-refractivity contribution in [2.24, 2.45) is 0 Å². The Morgan fingerprint density at radius 2 is 1.82 bits per heavy atom. The molecule has 2 rings (SSSR count). The van der Waals surface area contributed by atoms with Crippen molar-refractivity contribution in [1.82, 2.24) is 9.78 Å². The number of benzene rings is 1. The van der Waals surface area contributed by atoms with Gasteiger partial charge in [-0.2, -0.15) is 0 Å². The lowest BCUT2D eigenvalue weighted by molar-refractivity contribution is -0.255. The van der Waals surface area contributed by atoms with Crippen molar-refractivity contribution in [2.75, 3.05) is 0 Å². The van der Waals surface area contributed by atoms with Crippen molar-refractivity contribution < 1.29 is 9.90 Å². The summed E-state index contributed by atoms with van der Waals surface area (Å²) < 4.78 is 1.38. The third-order valence-electron chi connectivity index (χ3n) is 2.73. The maximum Gasteiger partial charge on any atom is 0.274 e. The second kappa shape index (κ2) is 3.93. The number of nitrogens with zero attached hydrogens (tertiary/aromatic N) is 1. The van der Waals surface area contributed by atoms with Gasteiger partial charge in [-0.15, -0.1) is 0 Å². The van der Waals surface area contributed by atoms with Gasteiger partial charge in [0.25, 0.3) is 5.56 Å². The maximum absolute atomic E-state index is 11.8. The zero-order valence-corrected chi connectivity index (χ0v) is 9.48. The van der Waals surface area contributed by atoms with Crippen LogP contribution in [0.3, 0.4) is 0 Å². The standard InChI is InChI=1S/C12H12N2O3/c1-7-8(2)13-14(11(7)15)10-5-3-9(4-6-10)12(16)17/h3-6,13H,1-2H3,(H,16,17)/p-1. The van der Waals surface area contributed by atoms with Crippen LogP contribution in [0, 0.1) is 13.8 Å². The molecule has 88 valence electrons. The van der Waals surface area contributed by atoms with E-state index < -0.39 is 5.97 Å². The van der Waals surface area contributed by atoms with E-state index in [-0.39, 0.29) is 11.1 Å². The van der Waals surface area contributed by atoms with Crippen LogP contribution >= 0.6 is 0 Å². The molecule has 0 aliphatic heterocycles. The predicted molar refractivity (Wildman–Crippen MR) is 60.2 cm³/mol. The SMILES string of the molecule is Cc1[nH]n(-c2ccc(C(=O)[O-])cc2)c(=O)c1C. The van der Waals surface area contributed by atoms with Gasteiger partial charge in [0.15, 0.2) is 0 Å². The summed E-state index contributed by atoms with van der Waals surface area (Å²) in [5.74, 6) is -1.23. The number of H-pyrrole nitrogens is 1. The van der Waals surface area contributed by atoms with Gasteiger partial charge < -0.3 is 9.90 Å². The van der Waals surface area contributed by atoms with Crippen LogP contribution in [0.15, 0.2) is 29.1 Å². The van der Waals surface area contributed by atoms with Crippen LogP contribution in [0.5, 0.6) is 0 Å². The zero-order chi connectivity index (χ0) is 12.6. The topological polar surface area (TPSA) is 77.9 Å². The lowest BCUT2D eigenvalue weighted by Crippen LogP contribution is -2.22. The summed E-state index contributed by atoms with van der Waals surface area (Å²) in [4.78, 5) is 22.4. The Balaban J connectivity index is 2.50. The third-order valence-corrected chi connectivity index (χ3v) is 2.73. The van der Waals surface area contributed by atoms with Gasteiger partial charge in [0, 0.05) is 11.3 Å². The number of rotatable bonds is 2. The molecule has 0 aliphatic rings. The minimum absolute atomic E-state index is 0.0850. The van der Waals surface area contributed by atoms with Crippen LogP contribution in [0.25, 0.3) is 5.69 Å². The first-order chi connectivity index (χ1) is 8.00. The molecule has 0 saturated heterocycles. The lowest BCUT2D eigenvalue weighted by atomic mass is 10.2. The molecule has 0 amide bonds. The average Bonchev–Trinajstić information content (AvgIpc) is 2.57. The summed E-state index contributed by atoms with van der Waals surface area (Å²) >= 11 is 0. The molecular formula is C12H11N2O3-. The van der Waals surface area contributed by atoms with E-state index in [9.17, 15) is 14.7 Å². The summed E-state index contributed by atoms with van der Waals surface area (Å²) in [6.07, 6.45) is 0. The first-order valence-electron chi connectivity index (χ1n) is 5.10. The van der Waals surface area contributed by atoms with E-state index in [1.54, 1.807) is 19.1 Å². The van der Waals surface area contributed by atoms with E-state index in [2.05, 4.69) is 5.10 Å². The van der Waals surface area contributed by atoms with Crippen LogP contribution in [0.1, 0.15) is 21.6 Å². The highest BCUT2D eigenvalue weighted by atomic mass is 16.4. The molecule has 0 aliphatic carbocycles. The first kappa shape index (κ1) is 11.2. The van der Waals surface area contributed by atoms with Crippen LogP contribution < -0.4 is 10.7 Å². The maximum atomic E-state index is 11.8. The average molecular weight is 231 g/mol. The Kier molecular flexibility index (Phi) is 2.59. The van der Waals surface area contributed by atoms with Gasteiger partial charge in [-0.3, -0.25) is 9.89 Å². The van der Waals surface area contributed by atoms with E-state index >= 15 is 0 Å². The number of aromatic nitrogens is 2. The molecule has 0 atom stereocenters. The molecule has 2 aromatic rings. The van der Waals surface area contributed by atoms with Gasteiger partial charge in [0.05, 0.1) is 11.7 Å². The highest BCUT2D eigenvalue weighted by Crippen LogP contribution is 2.08. The number of aromatic amines is 1. The molecule has 5 heteroatoms. The van der Waals surface area contributed by atoms with Gasteiger partial charge in [0.1, 0.15) is 0 Å². The van der Waals surface area contributed by atoms with Crippen LogP contribution in [-0.4, -0.2) is 15.7 Å². The second-order valence-corrected chi connectivity index (χ2v) is 3.84. The predicted octanol–water partition coefficient (Wildman–Crippen LogP) is 0.146. The molecule has 1 aromatic heterocycles. The molecule has 0 radical (unpaired) electrons. The molecule has 0 saturated carbocycles. The Hall–Kier alpha value is -2.30. The number of hydrogen-bond acceptors (Lipinski definition) is 3. The Morgan fingerprint density at radius 1 is 1.24 bits per heavy atom. The molecule has 1 heterocycles. The molecular weight excluding hydrogens is 220 g/mol. The number of carboxylic acids is 1. The molecule has 5 nitrogen and oxygen atoms in total. The van der Waals surface area contributed by atoms with Gasteiger partial charge in [0.2, 0.25) is 0 Å². The second-order valence-electron chi connectivity index (χ2n) is 3.84. The summed E-state index contributed by atoms with van der Waals surface area (Å²) in [7, 11) is 0. The van der Waals surface area contributed by atoms with E-state index in [0.717, 1.165) is 5.69 Å². The lowest BCUT2D eigenvalue weighted by Gasteiger charge is -2.04. The van der Waals surface area contributed by atoms with Crippen LogP contribution in [0.2, 0.25) is 0 Å². The highest BCUT2D eigenvalue weighted by molar-refractivity contribution is 5.85. The number of aryl methyl sites for hydroxylation is 1. The van der Waals surface area contributed by atoms with E-state index in [0.29, 0.717) is 11.3 Å². The van der Waals surface area contributed by atoms with E-state index in [1.165, 1.54) is 16.8 Å². The number of nitrogens with one attached hydrogen (secondary N) is 1. The fourth-order valence-electron chi connectivity index (χ4n) is 1.56. The summed E-state index contributed by atoms with van der Waals surface area (Å²) in [6.45, 7) is 3.54. The van der Waals surface area contributed by atoms with Crippen molar-refractivity contribution in [3.63, 3.8) is 0 Å². The molecule has 0 fully saturated rings. The quantitative estimate of drug-likeness (QED) is 0.798. The summed E-state index contributed by atoms with van der Waals surface area (Å²) in [5.41, 5.74) is 1.98. The van der Waals surface area contributed by atoms with Crippen molar-refractivity contribution in [1.29, 1.82) is 0 Å².